The maximum Gasteiger partial charge on any atom is 0.175 e. The highest BCUT2D eigenvalue weighted by Crippen LogP contribution is 2.27. The van der Waals surface area contributed by atoms with Gasteiger partial charge in [0.15, 0.2) is 9.84 Å². The summed E-state index contributed by atoms with van der Waals surface area (Å²) in [6.07, 6.45) is 1.17. The summed E-state index contributed by atoms with van der Waals surface area (Å²) in [5, 5.41) is 1.02. The predicted octanol–water partition coefficient (Wildman–Crippen LogP) is 3.94. The van der Waals surface area contributed by atoms with E-state index < -0.39 is 9.84 Å². The number of sulfone groups is 1. The summed E-state index contributed by atoms with van der Waals surface area (Å²) >= 11 is 12.0. The van der Waals surface area contributed by atoms with Crippen molar-refractivity contribution in [1.29, 1.82) is 0 Å². The first-order valence-corrected chi connectivity index (χ1v) is 8.64. The summed E-state index contributed by atoms with van der Waals surface area (Å²) in [6, 6.07) is 9.88. The lowest BCUT2D eigenvalue weighted by Gasteiger charge is -1.99. The van der Waals surface area contributed by atoms with Gasteiger partial charge in [-0.15, -0.1) is 0 Å². The Kier molecular flexibility index (Phi) is 3.43. The fraction of sp³-hybridized carbons (Fsp3) is 0.0714. The quantitative estimate of drug-likeness (QED) is 0.768. The first kappa shape index (κ1) is 14.4. The van der Waals surface area contributed by atoms with E-state index in [1.807, 2.05) is 0 Å². The third kappa shape index (κ3) is 2.90. The first-order chi connectivity index (χ1) is 9.83. The molecule has 0 aliphatic heterocycles. The number of benzene rings is 2. The number of aromatic nitrogens is 2. The summed E-state index contributed by atoms with van der Waals surface area (Å²) < 4.78 is 23.1. The van der Waals surface area contributed by atoms with Crippen molar-refractivity contribution in [2.24, 2.45) is 0 Å². The molecule has 0 aliphatic carbocycles. The molecule has 0 saturated heterocycles. The maximum absolute atomic E-state index is 11.6. The molecule has 0 saturated carbocycles. The fourth-order valence-corrected chi connectivity index (χ4v) is 3.22. The molecule has 4 nitrogen and oxygen atoms in total. The molecule has 0 amide bonds. The minimum Gasteiger partial charge on any atom is -0.338 e. The van der Waals surface area contributed by atoms with Crippen LogP contribution in [0.4, 0.5) is 0 Å². The predicted molar refractivity (Wildman–Crippen MR) is 84.7 cm³/mol. The Morgan fingerprint density at radius 3 is 2.33 bits per heavy atom. The van der Waals surface area contributed by atoms with Gasteiger partial charge in [0.25, 0.3) is 0 Å². The summed E-state index contributed by atoms with van der Waals surface area (Å²) in [5.74, 6) is 0.583. The van der Waals surface area contributed by atoms with Gasteiger partial charge in [0.2, 0.25) is 0 Å². The van der Waals surface area contributed by atoms with Crippen LogP contribution >= 0.6 is 23.2 Å². The summed E-state index contributed by atoms with van der Waals surface area (Å²) in [5.41, 5.74) is 2.06. The van der Waals surface area contributed by atoms with E-state index in [0.29, 0.717) is 26.9 Å². The number of nitrogens with zero attached hydrogens (tertiary/aromatic N) is 1. The highest BCUT2D eigenvalue weighted by Gasteiger charge is 2.11. The van der Waals surface area contributed by atoms with Crippen molar-refractivity contribution < 1.29 is 8.42 Å². The zero-order chi connectivity index (χ0) is 15.2. The van der Waals surface area contributed by atoms with Gasteiger partial charge in [0.05, 0.1) is 15.9 Å². The highest BCUT2D eigenvalue weighted by molar-refractivity contribution is 7.90. The SMILES string of the molecule is CS(=O)(=O)c1ccc2nc(-c3cc(Cl)cc(Cl)c3)[nH]c2c1. The topological polar surface area (TPSA) is 62.8 Å². The molecule has 0 unspecified atom stereocenters. The van der Waals surface area contributed by atoms with E-state index >= 15 is 0 Å². The molecule has 0 radical (unpaired) electrons. The van der Waals surface area contributed by atoms with E-state index in [1.54, 1.807) is 30.3 Å². The van der Waals surface area contributed by atoms with Gasteiger partial charge in [-0.25, -0.2) is 13.4 Å². The number of imidazole rings is 1. The zero-order valence-electron chi connectivity index (χ0n) is 10.9. The number of H-pyrrole nitrogens is 1. The Bertz CT molecular complexity index is 929. The second kappa shape index (κ2) is 5.02. The normalized spacial score (nSPS) is 12.0. The van der Waals surface area contributed by atoms with Gasteiger partial charge in [-0.1, -0.05) is 23.2 Å². The van der Waals surface area contributed by atoms with Crippen molar-refractivity contribution in [2.45, 2.75) is 4.90 Å². The molecule has 0 spiro atoms. The molecule has 2 aromatic carbocycles. The number of hydrogen-bond acceptors (Lipinski definition) is 3. The maximum atomic E-state index is 11.6. The van der Waals surface area contributed by atoms with Crippen molar-refractivity contribution in [1.82, 2.24) is 9.97 Å². The molecule has 21 heavy (non-hydrogen) atoms. The number of aromatic amines is 1. The molecule has 0 atom stereocenters. The van der Waals surface area contributed by atoms with Gasteiger partial charge in [-0.2, -0.15) is 0 Å². The van der Waals surface area contributed by atoms with Crippen LogP contribution in [-0.2, 0) is 9.84 Å². The number of halogens is 2. The number of rotatable bonds is 2. The van der Waals surface area contributed by atoms with Crippen LogP contribution in [0.3, 0.4) is 0 Å². The second-order valence-electron chi connectivity index (χ2n) is 4.69. The Balaban J connectivity index is 2.17. The Morgan fingerprint density at radius 2 is 1.71 bits per heavy atom. The van der Waals surface area contributed by atoms with Crippen molar-refractivity contribution >= 4 is 44.1 Å². The van der Waals surface area contributed by atoms with Crippen LogP contribution in [-0.4, -0.2) is 24.6 Å². The standard InChI is InChI=1S/C14H10Cl2N2O2S/c1-21(19,20)11-2-3-12-13(7-11)18-14(17-12)8-4-9(15)6-10(16)5-8/h2-7H,1H3,(H,17,18). The van der Waals surface area contributed by atoms with Gasteiger partial charge in [-0.3, -0.25) is 0 Å². The monoisotopic (exact) mass is 340 g/mol. The molecule has 0 aliphatic rings. The van der Waals surface area contributed by atoms with Gasteiger partial charge in [0.1, 0.15) is 5.82 Å². The molecule has 3 rings (SSSR count). The molecule has 108 valence electrons. The van der Waals surface area contributed by atoms with Crippen molar-refractivity contribution in [3.05, 3.63) is 46.4 Å². The van der Waals surface area contributed by atoms with Gasteiger partial charge in [0, 0.05) is 21.9 Å². The van der Waals surface area contributed by atoms with Crippen molar-refractivity contribution in [3.8, 4) is 11.4 Å². The van der Waals surface area contributed by atoms with Crippen LogP contribution in [0.15, 0.2) is 41.3 Å². The van der Waals surface area contributed by atoms with Crippen LogP contribution < -0.4 is 0 Å². The summed E-state index contributed by atoms with van der Waals surface area (Å²) in [6.45, 7) is 0. The molecule has 1 aromatic heterocycles. The third-order valence-electron chi connectivity index (χ3n) is 3.02. The first-order valence-electron chi connectivity index (χ1n) is 5.99. The van der Waals surface area contributed by atoms with E-state index in [4.69, 9.17) is 23.2 Å². The molecule has 0 fully saturated rings. The van der Waals surface area contributed by atoms with Crippen LogP contribution in [0.5, 0.6) is 0 Å². The number of fused-ring (bicyclic) bond motifs is 1. The average Bonchev–Trinajstić information content (AvgIpc) is 2.79. The number of nitrogens with one attached hydrogen (secondary N) is 1. The van der Waals surface area contributed by atoms with E-state index in [2.05, 4.69) is 9.97 Å². The largest absolute Gasteiger partial charge is 0.338 e. The van der Waals surface area contributed by atoms with Gasteiger partial charge < -0.3 is 4.98 Å². The van der Waals surface area contributed by atoms with E-state index in [-0.39, 0.29) is 4.90 Å². The lowest BCUT2D eigenvalue weighted by Crippen LogP contribution is -1.96. The summed E-state index contributed by atoms with van der Waals surface area (Å²) in [7, 11) is -3.25. The van der Waals surface area contributed by atoms with Crippen molar-refractivity contribution in [2.75, 3.05) is 6.26 Å². The van der Waals surface area contributed by atoms with Crippen LogP contribution in [0.1, 0.15) is 0 Å². The average molecular weight is 341 g/mol. The second-order valence-corrected chi connectivity index (χ2v) is 7.58. The minimum absolute atomic E-state index is 0.245. The molecule has 3 aromatic rings. The smallest absolute Gasteiger partial charge is 0.175 e. The third-order valence-corrected chi connectivity index (χ3v) is 4.56. The van der Waals surface area contributed by atoms with Gasteiger partial charge in [-0.05, 0) is 36.4 Å². The Morgan fingerprint density at radius 1 is 1.05 bits per heavy atom. The van der Waals surface area contributed by atoms with E-state index in [0.717, 1.165) is 5.56 Å². The van der Waals surface area contributed by atoms with Crippen LogP contribution in [0.25, 0.3) is 22.4 Å². The number of hydrogen-bond donors (Lipinski definition) is 1. The van der Waals surface area contributed by atoms with Crippen molar-refractivity contribution in [3.63, 3.8) is 0 Å². The highest BCUT2D eigenvalue weighted by atomic mass is 35.5. The zero-order valence-corrected chi connectivity index (χ0v) is 13.2. The fourth-order valence-electron chi connectivity index (χ4n) is 2.05. The molecule has 0 bridgehead atoms. The van der Waals surface area contributed by atoms with Gasteiger partial charge >= 0.3 is 0 Å². The lowest BCUT2D eigenvalue weighted by molar-refractivity contribution is 0.602. The van der Waals surface area contributed by atoms with Crippen LogP contribution in [0, 0.1) is 0 Å². The molecular weight excluding hydrogens is 331 g/mol. The van der Waals surface area contributed by atoms with Crippen LogP contribution in [0.2, 0.25) is 10.0 Å². The Hall–Kier alpha value is -1.56. The molecule has 7 heteroatoms. The summed E-state index contributed by atoms with van der Waals surface area (Å²) in [4.78, 5) is 7.75. The Labute approximate surface area is 131 Å². The van der Waals surface area contributed by atoms with E-state index in [9.17, 15) is 8.42 Å². The van der Waals surface area contributed by atoms with E-state index in [1.165, 1.54) is 12.3 Å². The molecule has 1 N–H and O–H groups in total. The lowest BCUT2D eigenvalue weighted by atomic mass is 10.2. The minimum atomic E-state index is -3.25. The molecular formula is C14H10Cl2N2O2S. The molecule has 1 heterocycles.